The molecule has 2 aromatic carbocycles. The lowest BCUT2D eigenvalue weighted by atomic mass is 10.2. The molecule has 10 heteroatoms. The van der Waals surface area contributed by atoms with Gasteiger partial charge in [0.1, 0.15) is 35.5 Å². The maximum absolute atomic E-state index is 12.8. The topological polar surface area (TPSA) is 114 Å². The highest BCUT2D eigenvalue weighted by molar-refractivity contribution is 5.76. The molecule has 0 spiro atoms. The number of nitrogens with zero attached hydrogens (tertiary/aromatic N) is 5. The van der Waals surface area contributed by atoms with Crippen molar-refractivity contribution in [1.82, 2.24) is 19.3 Å². The van der Waals surface area contributed by atoms with Crippen LogP contribution in [0.4, 0.5) is 5.69 Å². The van der Waals surface area contributed by atoms with Gasteiger partial charge in [-0.2, -0.15) is 5.10 Å². The van der Waals surface area contributed by atoms with Crippen molar-refractivity contribution in [3.8, 4) is 17.2 Å². The van der Waals surface area contributed by atoms with E-state index < -0.39 is 4.92 Å². The zero-order chi connectivity index (χ0) is 21.1. The van der Waals surface area contributed by atoms with Crippen LogP contribution in [0.25, 0.3) is 16.7 Å². The second-order valence-corrected chi connectivity index (χ2v) is 6.31. The van der Waals surface area contributed by atoms with Gasteiger partial charge in [-0.1, -0.05) is 12.1 Å². The van der Waals surface area contributed by atoms with Gasteiger partial charge in [0, 0.05) is 6.07 Å². The number of methoxy groups -OCH3 is 1. The molecule has 0 aliphatic rings. The first kappa shape index (κ1) is 19.1. The van der Waals surface area contributed by atoms with Crippen molar-refractivity contribution in [2.24, 2.45) is 0 Å². The first-order valence-corrected chi connectivity index (χ1v) is 9.02. The number of benzene rings is 2. The SMILES string of the molecule is COc1ccc(OCCn2cnc3c(cnn3-c3ccccc3[N+](=O)[O-])c2=O)cc1. The summed E-state index contributed by atoms with van der Waals surface area (Å²) in [5, 5.41) is 15.7. The fourth-order valence-electron chi connectivity index (χ4n) is 3.02. The highest BCUT2D eigenvalue weighted by atomic mass is 16.6. The molecule has 2 aromatic heterocycles. The molecule has 0 saturated carbocycles. The van der Waals surface area contributed by atoms with Crippen molar-refractivity contribution >= 4 is 16.7 Å². The van der Waals surface area contributed by atoms with Crippen LogP contribution >= 0.6 is 0 Å². The molecule has 0 fully saturated rings. The van der Waals surface area contributed by atoms with Gasteiger partial charge in [-0.05, 0) is 30.3 Å². The lowest BCUT2D eigenvalue weighted by molar-refractivity contribution is -0.384. The number of ether oxygens (including phenoxy) is 2. The Hall–Kier alpha value is -4.21. The van der Waals surface area contributed by atoms with Crippen LogP contribution < -0.4 is 15.0 Å². The fraction of sp³-hybridized carbons (Fsp3) is 0.150. The van der Waals surface area contributed by atoms with Crippen LogP contribution in [-0.4, -0.2) is 38.0 Å². The molecule has 4 aromatic rings. The van der Waals surface area contributed by atoms with Crippen LogP contribution in [0.15, 0.2) is 65.8 Å². The van der Waals surface area contributed by atoms with Crippen molar-refractivity contribution in [3.05, 3.63) is 81.5 Å². The van der Waals surface area contributed by atoms with E-state index in [0.29, 0.717) is 5.75 Å². The van der Waals surface area contributed by atoms with Crippen LogP contribution in [0.5, 0.6) is 11.5 Å². The molecule has 30 heavy (non-hydrogen) atoms. The van der Waals surface area contributed by atoms with Gasteiger partial charge in [-0.25, -0.2) is 9.67 Å². The Bertz CT molecular complexity index is 1260. The van der Waals surface area contributed by atoms with Gasteiger partial charge in [0.05, 0.1) is 24.8 Å². The highest BCUT2D eigenvalue weighted by Crippen LogP contribution is 2.24. The van der Waals surface area contributed by atoms with Gasteiger partial charge in [0.2, 0.25) is 0 Å². The lowest BCUT2D eigenvalue weighted by Crippen LogP contribution is -2.23. The number of aromatic nitrogens is 4. The fourth-order valence-corrected chi connectivity index (χ4v) is 3.02. The summed E-state index contributed by atoms with van der Waals surface area (Å²) >= 11 is 0. The van der Waals surface area contributed by atoms with Crippen molar-refractivity contribution < 1.29 is 14.4 Å². The Labute approximate surface area is 170 Å². The molecule has 0 bridgehead atoms. The number of hydrogen-bond acceptors (Lipinski definition) is 7. The summed E-state index contributed by atoms with van der Waals surface area (Å²) in [5.74, 6) is 1.38. The summed E-state index contributed by atoms with van der Waals surface area (Å²) in [4.78, 5) is 27.9. The van der Waals surface area contributed by atoms with Gasteiger partial charge in [-0.3, -0.25) is 19.5 Å². The average Bonchev–Trinajstić information content (AvgIpc) is 3.20. The largest absolute Gasteiger partial charge is 0.497 e. The second kappa shape index (κ2) is 8.03. The molecule has 0 saturated heterocycles. The number of para-hydroxylation sites is 2. The summed E-state index contributed by atoms with van der Waals surface area (Å²) in [6, 6.07) is 13.3. The standard InChI is InChI=1S/C20H17N5O5/c1-29-14-6-8-15(9-7-14)30-11-10-23-13-21-19-16(20(23)26)12-22-24(19)17-4-2-3-5-18(17)25(27)28/h2-9,12-13H,10-11H2,1H3. The molecule has 4 rings (SSSR count). The zero-order valence-corrected chi connectivity index (χ0v) is 16.0. The van der Waals surface area contributed by atoms with E-state index in [4.69, 9.17) is 9.47 Å². The van der Waals surface area contributed by atoms with Crippen molar-refractivity contribution in [1.29, 1.82) is 0 Å². The molecule has 0 unspecified atom stereocenters. The van der Waals surface area contributed by atoms with Gasteiger partial charge >= 0.3 is 0 Å². The summed E-state index contributed by atoms with van der Waals surface area (Å²) in [6.45, 7) is 0.544. The number of nitro benzene ring substituents is 1. The molecular formula is C20H17N5O5. The summed E-state index contributed by atoms with van der Waals surface area (Å²) in [5.41, 5.74) is 0.0659. The third-order valence-corrected chi connectivity index (χ3v) is 4.52. The quantitative estimate of drug-likeness (QED) is 0.342. The molecule has 0 amide bonds. The van der Waals surface area contributed by atoms with E-state index in [-0.39, 0.29) is 41.1 Å². The Kier molecular flexibility index (Phi) is 5.12. The number of hydrogen-bond donors (Lipinski definition) is 0. The van der Waals surface area contributed by atoms with E-state index in [1.54, 1.807) is 49.6 Å². The maximum atomic E-state index is 12.8. The van der Waals surface area contributed by atoms with E-state index in [1.807, 2.05) is 0 Å². The van der Waals surface area contributed by atoms with E-state index in [9.17, 15) is 14.9 Å². The minimum absolute atomic E-state index is 0.124. The number of fused-ring (bicyclic) bond motifs is 1. The Morgan fingerprint density at radius 3 is 2.57 bits per heavy atom. The number of nitro groups is 1. The molecule has 152 valence electrons. The predicted octanol–water partition coefficient (Wildman–Crippen LogP) is 2.58. The van der Waals surface area contributed by atoms with E-state index in [2.05, 4.69) is 10.1 Å². The average molecular weight is 407 g/mol. The molecule has 10 nitrogen and oxygen atoms in total. The molecule has 0 N–H and O–H groups in total. The van der Waals surface area contributed by atoms with Gasteiger partial charge in [0.15, 0.2) is 5.65 Å². The normalized spacial score (nSPS) is 10.8. The van der Waals surface area contributed by atoms with Crippen molar-refractivity contribution in [3.63, 3.8) is 0 Å². The van der Waals surface area contributed by atoms with Crippen molar-refractivity contribution in [2.75, 3.05) is 13.7 Å². The smallest absolute Gasteiger partial charge is 0.294 e. The minimum Gasteiger partial charge on any atom is -0.497 e. The van der Waals surface area contributed by atoms with Crippen LogP contribution in [0, 0.1) is 10.1 Å². The monoisotopic (exact) mass is 407 g/mol. The first-order chi connectivity index (χ1) is 14.6. The van der Waals surface area contributed by atoms with Crippen LogP contribution in [-0.2, 0) is 6.54 Å². The van der Waals surface area contributed by atoms with Gasteiger partial charge in [-0.15, -0.1) is 0 Å². The summed E-state index contributed by atoms with van der Waals surface area (Å²) in [7, 11) is 1.59. The Morgan fingerprint density at radius 2 is 1.83 bits per heavy atom. The van der Waals surface area contributed by atoms with Crippen molar-refractivity contribution in [2.45, 2.75) is 6.54 Å². The van der Waals surface area contributed by atoms with Crippen LogP contribution in [0.2, 0.25) is 0 Å². The lowest BCUT2D eigenvalue weighted by Gasteiger charge is -2.09. The molecule has 0 atom stereocenters. The van der Waals surface area contributed by atoms with E-state index in [1.165, 1.54) is 27.8 Å². The third-order valence-electron chi connectivity index (χ3n) is 4.52. The molecule has 0 aliphatic carbocycles. The Balaban J connectivity index is 1.57. The molecule has 0 radical (unpaired) electrons. The van der Waals surface area contributed by atoms with Gasteiger partial charge in [0.25, 0.3) is 11.2 Å². The first-order valence-electron chi connectivity index (χ1n) is 9.02. The Morgan fingerprint density at radius 1 is 1.10 bits per heavy atom. The highest BCUT2D eigenvalue weighted by Gasteiger charge is 2.19. The van der Waals surface area contributed by atoms with E-state index in [0.717, 1.165) is 5.75 Å². The molecular weight excluding hydrogens is 390 g/mol. The summed E-state index contributed by atoms with van der Waals surface area (Å²) in [6.07, 6.45) is 2.75. The second-order valence-electron chi connectivity index (χ2n) is 6.31. The van der Waals surface area contributed by atoms with E-state index >= 15 is 0 Å². The third kappa shape index (κ3) is 3.58. The molecule has 2 heterocycles. The van der Waals surface area contributed by atoms with Crippen LogP contribution in [0.3, 0.4) is 0 Å². The molecule has 0 aliphatic heterocycles. The number of rotatable bonds is 7. The van der Waals surface area contributed by atoms with Gasteiger partial charge < -0.3 is 9.47 Å². The zero-order valence-electron chi connectivity index (χ0n) is 16.0. The minimum atomic E-state index is -0.499. The predicted molar refractivity (Wildman–Crippen MR) is 108 cm³/mol. The summed E-state index contributed by atoms with van der Waals surface area (Å²) < 4.78 is 13.5. The van der Waals surface area contributed by atoms with Crippen LogP contribution in [0.1, 0.15) is 0 Å². The maximum Gasteiger partial charge on any atom is 0.294 e.